The Morgan fingerprint density at radius 2 is 1.88 bits per heavy atom. The van der Waals surface area contributed by atoms with E-state index < -0.39 is 11.4 Å². The van der Waals surface area contributed by atoms with Crippen LogP contribution in [-0.2, 0) is 4.79 Å². The zero-order valence-electron chi connectivity index (χ0n) is 11.1. The van der Waals surface area contributed by atoms with E-state index in [2.05, 4.69) is 19.2 Å². The van der Waals surface area contributed by atoms with Crippen LogP contribution >= 0.6 is 0 Å². The van der Waals surface area contributed by atoms with Gasteiger partial charge in [0.2, 0.25) is 0 Å². The highest BCUT2D eigenvalue weighted by molar-refractivity contribution is 5.75. The average molecular weight is 239 g/mol. The summed E-state index contributed by atoms with van der Waals surface area (Å²) in [5.41, 5.74) is -0.497. The minimum Gasteiger partial charge on any atom is -0.481 e. The molecule has 1 aliphatic carbocycles. The van der Waals surface area contributed by atoms with Gasteiger partial charge in [-0.1, -0.05) is 19.3 Å². The summed E-state index contributed by atoms with van der Waals surface area (Å²) in [5, 5.41) is 13.2. The third-order valence-corrected chi connectivity index (χ3v) is 4.74. The van der Waals surface area contributed by atoms with Gasteiger partial charge in [-0.3, -0.25) is 4.79 Å². The number of carboxylic acids is 1. The summed E-state index contributed by atoms with van der Waals surface area (Å²) in [5.74, 6) is -0.158. The van der Waals surface area contributed by atoms with Gasteiger partial charge >= 0.3 is 5.97 Å². The Bertz CT molecular complexity index is 295. The molecule has 0 bridgehead atoms. The predicted octanol–water partition coefficient (Wildman–Crippen LogP) is 2.80. The molecule has 1 saturated carbocycles. The fraction of sp³-hybridized carbons (Fsp3) is 0.929. The Hall–Kier alpha value is -0.570. The number of hydrogen-bond donors (Lipinski definition) is 2. The van der Waals surface area contributed by atoms with Gasteiger partial charge in [0.1, 0.15) is 0 Å². The van der Waals surface area contributed by atoms with Gasteiger partial charge in [-0.15, -0.1) is 0 Å². The molecule has 17 heavy (non-hydrogen) atoms. The lowest BCUT2D eigenvalue weighted by Crippen LogP contribution is -2.56. The molecule has 2 aliphatic rings. The van der Waals surface area contributed by atoms with Crippen molar-refractivity contribution in [1.29, 1.82) is 0 Å². The topological polar surface area (TPSA) is 49.3 Å². The van der Waals surface area contributed by atoms with Crippen molar-refractivity contribution in [2.24, 2.45) is 11.3 Å². The van der Waals surface area contributed by atoms with E-state index in [0.29, 0.717) is 5.92 Å². The van der Waals surface area contributed by atoms with Crippen molar-refractivity contribution in [2.75, 3.05) is 6.54 Å². The van der Waals surface area contributed by atoms with Crippen molar-refractivity contribution < 1.29 is 9.90 Å². The summed E-state index contributed by atoms with van der Waals surface area (Å²) in [6, 6.07) is 0. The number of aliphatic carboxylic acids is 1. The second-order valence-corrected chi connectivity index (χ2v) is 6.53. The minimum atomic E-state index is -0.557. The number of nitrogens with one attached hydrogen (secondary N) is 1. The lowest BCUT2D eigenvalue weighted by atomic mass is 9.60. The van der Waals surface area contributed by atoms with Gasteiger partial charge in [-0.25, -0.2) is 0 Å². The maximum atomic E-state index is 11.8. The van der Waals surface area contributed by atoms with Crippen molar-refractivity contribution in [1.82, 2.24) is 5.32 Å². The predicted molar refractivity (Wildman–Crippen MR) is 68.0 cm³/mol. The van der Waals surface area contributed by atoms with E-state index in [1.807, 2.05) is 0 Å². The lowest BCUT2D eigenvalue weighted by molar-refractivity contribution is -0.158. The first kappa shape index (κ1) is 12.9. The van der Waals surface area contributed by atoms with Crippen molar-refractivity contribution in [2.45, 2.75) is 64.3 Å². The van der Waals surface area contributed by atoms with E-state index in [0.717, 1.165) is 32.2 Å². The molecule has 0 radical (unpaired) electrons. The van der Waals surface area contributed by atoms with Gasteiger partial charge in [0.15, 0.2) is 0 Å². The van der Waals surface area contributed by atoms with Gasteiger partial charge in [0.25, 0.3) is 0 Å². The van der Waals surface area contributed by atoms with Crippen LogP contribution in [0.15, 0.2) is 0 Å². The first-order valence-electron chi connectivity index (χ1n) is 6.95. The van der Waals surface area contributed by atoms with Crippen LogP contribution in [0.25, 0.3) is 0 Å². The average Bonchev–Trinajstić information content (AvgIpc) is 2.28. The third-order valence-electron chi connectivity index (χ3n) is 4.74. The van der Waals surface area contributed by atoms with Gasteiger partial charge in [-0.2, -0.15) is 0 Å². The summed E-state index contributed by atoms with van der Waals surface area (Å²) in [7, 11) is 0. The van der Waals surface area contributed by atoms with Crippen molar-refractivity contribution in [3.63, 3.8) is 0 Å². The molecule has 0 spiro atoms. The molecule has 1 saturated heterocycles. The highest BCUT2D eigenvalue weighted by Gasteiger charge is 2.50. The van der Waals surface area contributed by atoms with Crippen molar-refractivity contribution >= 4 is 5.97 Å². The van der Waals surface area contributed by atoms with Crippen LogP contribution in [-0.4, -0.2) is 23.2 Å². The fourth-order valence-electron chi connectivity index (χ4n) is 3.92. The van der Waals surface area contributed by atoms with Gasteiger partial charge in [0.05, 0.1) is 5.41 Å². The minimum absolute atomic E-state index is 0.0336. The summed E-state index contributed by atoms with van der Waals surface area (Å²) in [4.78, 5) is 11.8. The Balaban J connectivity index is 2.22. The molecule has 2 fully saturated rings. The zero-order valence-corrected chi connectivity index (χ0v) is 11.1. The first-order valence-corrected chi connectivity index (χ1v) is 6.95. The molecule has 0 aromatic carbocycles. The smallest absolute Gasteiger partial charge is 0.310 e. The third kappa shape index (κ3) is 2.49. The number of carboxylic acid groups (broad SMARTS) is 1. The Morgan fingerprint density at radius 1 is 1.24 bits per heavy atom. The Kier molecular flexibility index (Phi) is 3.48. The molecule has 0 aromatic rings. The number of carbonyl (C=O) groups is 1. The zero-order chi connectivity index (χ0) is 12.5. The molecule has 3 nitrogen and oxygen atoms in total. The molecule has 1 atom stereocenters. The quantitative estimate of drug-likeness (QED) is 0.779. The highest BCUT2D eigenvalue weighted by atomic mass is 16.4. The molecule has 3 heteroatoms. The molecule has 2 N–H and O–H groups in total. The van der Waals surface area contributed by atoms with E-state index >= 15 is 0 Å². The van der Waals surface area contributed by atoms with Crippen LogP contribution in [0.5, 0.6) is 0 Å². The van der Waals surface area contributed by atoms with E-state index in [-0.39, 0.29) is 5.54 Å². The van der Waals surface area contributed by atoms with Crippen LogP contribution in [0.1, 0.15) is 58.8 Å². The number of hydrogen-bond acceptors (Lipinski definition) is 2. The van der Waals surface area contributed by atoms with Gasteiger partial charge < -0.3 is 10.4 Å². The second kappa shape index (κ2) is 4.60. The monoisotopic (exact) mass is 239 g/mol. The molecule has 1 heterocycles. The maximum Gasteiger partial charge on any atom is 0.310 e. The van der Waals surface area contributed by atoms with E-state index in [1.54, 1.807) is 0 Å². The van der Waals surface area contributed by atoms with Crippen LogP contribution in [0.2, 0.25) is 0 Å². The summed E-state index contributed by atoms with van der Waals surface area (Å²) < 4.78 is 0. The van der Waals surface area contributed by atoms with Crippen molar-refractivity contribution in [3.8, 4) is 0 Å². The van der Waals surface area contributed by atoms with E-state index in [4.69, 9.17) is 0 Å². The molecule has 1 aliphatic heterocycles. The SMILES string of the molecule is CC1(C)CC(C(=O)O)(C2CCCCC2)CCN1. The maximum absolute atomic E-state index is 11.8. The molecular formula is C14H25NO2. The van der Waals surface area contributed by atoms with Crippen molar-refractivity contribution in [3.05, 3.63) is 0 Å². The standard InChI is InChI=1S/C14H25NO2/c1-13(2)10-14(12(16)17,8-9-15-13)11-6-4-3-5-7-11/h11,15H,3-10H2,1-2H3,(H,16,17). The van der Waals surface area contributed by atoms with Crippen LogP contribution < -0.4 is 5.32 Å². The molecule has 1 unspecified atom stereocenters. The number of piperidine rings is 1. The molecule has 0 aromatic heterocycles. The van der Waals surface area contributed by atoms with E-state index in [1.165, 1.54) is 19.3 Å². The molecule has 0 amide bonds. The first-order chi connectivity index (χ1) is 7.96. The summed E-state index contributed by atoms with van der Waals surface area (Å²) in [6.07, 6.45) is 7.52. The molecule has 2 rings (SSSR count). The lowest BCUT2D eigenvalue weighted by Gasteiger charge is -2.48. The molecule has 98 valence electrons. The highest BCUT2D eigenvalue weighted by Crippen LogP contribution is 2.48. The molecular weight excluding hydrogens is 214 g/mol. The normalized spacial score (nSPS) is 34.5. The number of rotatable bonds is 2. The van der Waals surface area contributed by atoms with Gasteiger partial charge in [0, 0.05) is 5.54 Å². The summed E-state index contributed by atoms with van der Waals surface area (Å²) >= 11 is 0. The van der Waals surface area contributed by atoms with Crippen LogP contribution in [0.3, 0.4) is 0 Å². The largest absolute Gasteiger partial charge is 0.481 e. The summed E-state index contributed by atoms with van der Waals surface area (Å²) in [6.45, 7) is 5.11. The fourth-order valence-corrected chi connectivity index (χ4v) is 3.92. The van der Waals surface area contributed by atoms with Gasteiger partial charge in [-0.05, 0) is 52.0 Å². The Labute approximate surface area is 104 Å². The second-order valence-electron chi connectivity index (χ2n) is 6.53. The Morgan fingerprint density at radius 3 is 2.41 bits per heavy atom. The van der Waals surface area contributed by atoms with Crippen LogP contribution in [0, 0.1) is 11.3 Å². The van der Waals surface area contributed by atoms with E-state index in [9.17, 15) is 9.90 Å². The van der Waals surface area contributed by atoms with Crippen LogP contribution in [0.4, 0.5) is 0 Å².